The number of benzene rings is 1. The molecule has 0 aliphatic heterocycles. The summed E-state index contributed by atoms with van der Waals surface area (Å²) in [6.45, 7) is 0.482. The lowest BCUT2D eigenvalue weighted by molar-refractivity contribution is -0.136. The van der Waals surface area contributed by atoms with Crippen molar-refractivity contribution in [1.29, 1.82) is 5.26 Å². The zero-order valence-electron chi connectivity index (χ0n) is 13.4. The first-order valence-electron chi connectivity index (χ1n) is 8.13. The summed E-state index contributed by atoms with van der Waals surface area (Å²) in [6.07, 6.45) is 4.23. The summed E-state index contributed by atoms with van der Waals surface area (Å²) < 4.78 is 39.0. The van der Waals surface area contributed by atoms with Crippen LogP contribution in [0.2, 0.25) is 0 Å². The van der Waals surface area contributed by atoms with Crippen LogP contribution in [0.5, 0.6) is 0 Å². The molecule has 130 valence electrons. The Bertz CT molecular complexity index is 599. The van der Waals surface area contributed by atoms with Crippen LogP contribution in [0.15, 0.2) is 29.3 Å². The molecule has 0 atom stereocenters. The second kappa shape index (κ2) is 8.57. The summed E-state index contributed by atoms with van der Waals surface area (Å²) in [5.41, 5.74) is -0.908. The molecule has 1 aromatic carbocycles. The first-order valence-corrected chi connectivity index (χ1v) is 8.13. The third-order valence-electron chi connectivity index (χ3n) is 4.19. The van der Waals surface area contributed by atoms with Gasteiger partial charge in [0.1, 0.15) is 0 Å². The fraction of sp³-hybridized carbons (Fsp3) is 0.529. The van der Waals surface area contributed by atoms with Crippen molar-refractivity contribution < 1.29 is 13.2 Å². The molecule has 0 saturated heterocycles. The molecule has 0 spiro atoms. The number of nitrogens with zero attached hydrogens (tertiary/aromatic N) is 2. The Balaban J connectivity index is 2.03. The molecule has 2 N–H and O–H groups in total. The van der Waals surface area contributed by atoms with Crippen molar-refractivity contribution in [3.63, 3.8) is 0 Å². The Hall–Kier alpha value is -2.23. The summed E-state index contributed by atoms with van der Waals surface area (Å²) in [5.74, 6) is 0.665. The zero-order chi connectivity index (χ0) is 17.4. The van der Waals surface area contributed by atoms with Crippen LogP contribution in [0.4, 0.5) is 18.9 Å². The van der Waals surface area contributed by atoms with Crippen LogP contribution in [0.1, 0.15) is 44.1 Å². The topological polar surface area (TPSA) is 60.2 Å². The lowest BCUT2D eigenvalue weighted by atomic mass is 9.87. The Morgan fingerprint density at radius 3 is 2.58 bits per heavy atom. The molecule has 0 heterocycles. The monoisotopic (exact) mass is 338 g/mol. The van der Waals surface area contributed by atoms with Crippen LogP contribution >= 0.6 is 0 Å². The number of para-hydroxylation sites is 1. The molecular weight excluding hydrogens is 317 g/mol. The van der Waals surface area contributed by atoms with E-state index in [0.717, 1.165) is 12.5 Å². The van der Waals surface area contributed by atoms with Crippen molar-refractivity contribution in [2.24, 2.45) is 10.9 Å². The molecule has 0 unspecified atom stereocenters. The SMILES string of the molecule is N#CNC(=NCCC1CCCCC1)Nc1ccccc1C(F)(F)F. The molecule has 0 radical (unpaired) electrons. The van der Waals surface area contributed by atoms with E-state index >= 15 is 0 Å². The van der Waals surface area contributed by atoms with E-state index in [1.165, 1.54) is 50.3 Å². The molecule has 7 heteroatoms. The van der Waals surface area contributed by atoms with Crippen molar-refractivity contribution in [3.8, 4) is 6.19 Å². The number of nitriles is 1. The van der Waals surface area contributed by atoms with Gasteiger partial charge in [-0.15, -0.1) is 0 Å². The van der Waals surface area contributed by atoms with Gasteiger partial charge in [-0.2, -0.15) is 18.4 Å². The van der Waals surface area contributed by atoms with E-state index < -0.39 is 11.7 Å². The van der Waals surface area contributed by atoms with Crippen molar-refractivity contribution in [3.05, 3.63) is 29.8 Å². The number of aliphatic imine (C=N–C) groups is 1. The number of nitrogens with one attached hydrogen (secondary N) is 2. The predicted octanol–water partition coefficient (Wildman–Crippen LogP) is 4.51. The number of hydrogen-bond acceptors (Lipinski definition) is 2. The van der Waals surface area contributed by atoms with E-state index in [0.29, 0.717) is 12.5 Å². The quantitative estimate of drug-likeness (QED) is 0.367. The van der Waals surface area contributed by atoms with Crippen LogP contribution < -0.4 is 10.6 Å². The van der Waals surface area contributed by atoms with Gasteiger partial charge in [0.15, 0.2) is 6.19 Å². The lowest BCUT2D eigenvalue weighted by Crippen LogP contribution is -2.28. The summed E-state index contributed by atoms with van der Waals surface area (Å²) >= 11 is 0. The van der Waals surface area contributed by atoms with Crippen molar-refractivity contribution in [1.82, 2.24) is 5.32 Å². The minimum atomic E-state index is -4.47. The average molecular weight is 338 g/mol. The number of anilines is 1. The highest BCUT2D eigenvalue weighted by molar-refractivity contribution is 5.95. The van der Waals surface area contributed by atoms with Gasteiger partial charge in [-0.05, 0) is 24.5 Å². The first-order chi connectivity index (χ1) is 11.5. The van der Waals surface area contributed by atoms with Crippen molar-refractivity contribution in [2.75, 3.05) is 11.9 Å². The largest absolute Gasteiger partial charge is 0.418 e. The molecule has 0 amide bonds. The molecule has 0 bridgehead atoms. The first kappa shape index (κ1) is 18.1. The van der Waals surface area contributed by atoms with Crippen molar-refractivity contribution >= 4 is 11.6 Å². The van der Waals surface area contributed by atoms with Gasteiger partial charge in [0.05, 0.1) is 11.3 Å². The highest BCUT2D eigenvalue weighted by atomic mass is 19.4. The summed E-state index contributed by atoms with van der Waals surface area (Å²) in [6, 6.07) is 5.14. The number of guanidine groups is 1. The van der Waals surface area contributed by atoms with Gasteiger partial charge >= 0.3 is 6.18 Å². The Labute approximate surface area is 139 Å². The van der Waals surface area contributed by atoms with Crippen molar-refractivity contribution in [2.45, 2.75) is 44.7 Å². The maximum atomic E-state index is 13.0. The van der Waals surface area contributed by atoms with Crippen LogP contribution in [0.3, 0.4) is 0 Å². The van der Waals surface area contributed by atoms with Gasteiger partial charge in [-0.1, -0.05) is 44.2 Å². The van der Waals surface area contributed by atoms with E-state index in [9.17, 15) is 13.2 Å². The second-order valence-electron chi connectivity index (χ2n) is 5.93. The van der Waals surface area contributed by atoms with Gasteiger partial charge < -0.3 is 5.32 Å². The van der Waals surface area contributed by atoms with E-state index in [1.807, 2.05) is 0 Å². The Morgan fingerprint density at radius 1 is 1.21 bits per heavy atom. The highest BCUT2D eigenvalue weighted by Gasteiger charge is 2.33. The van der Waals surface area contributed by atoms with Crippen LogP contribution in [0.25, 0.3) is 0 Å². The summed E-state index contributed by atoms with van der Waals surface area (Å²) in [7, 11) is 0. The predicted molar refractivity (Wildman–Crippen MR) is 87.3 cm³/mol. The molecule has 24 heavy (non-hydrogen) atoms. The maximum Gasteiger partial charge on any atom is 0.418 e. The molecule has 2 rings (SSSR count). The van der Waals surface area contributed by atoms with Crippen LogP contribution in [-0.4, -0.2) is 12.5 Å². The third-order valence-corrected chi connectivity index (χ3v) is 4.19. The minimum absolute atomic E-state index is 0.0463. The fourth-order valence-electron chi connectivity index (χ4n) is 2.96. The summed E-state index contributed by atoms with van der Waals surface area (Å²) in [4.78, 5) is 4.23. The van der Waals surface area contributed by atoms with Crippen LogP contribution in [0, 0.1) is 17.4 Å². The van der Waals surface area contributed by atoms with E-state index in [-0.39, 0.29) is 11.6 Å². The van der Waals surface area contributed by atoms with E-state index in [1.54, 1.807) is 6.19 Å². The molecule has 1 saturated carbocycles. The molecule has 1 fully saturated rings. The lowest BCUT2D eigenvalue weighted by Gasteiger charge is -2.20. The molecule has 0 aromatic heterocycles. The summed E-state index contributed by atoms with van der Waals surface area (Å²) in [5, 5.41) is 13.7. The van der Waals surface area contributed by atoms with Gasteiger partial charge in [-0.25, -0.2) is 0 Å². The fourth-order valence-corrected chi connectivity index (χ4v) is 2.96. The maximum absolute atomic E-state index is 13.0. The normalized spacial score (nSPS) is 16.5. The molecule has 1 aliphatic carbocycles. The highest BCUT2D eigenvalue weighted by Crippen LogP contribution is 2.34. The van der Waals surface area contributed by atoms with Gasteiger partial charge in [0, 0.05) is 6.54 Å². The third kappa shape index (κ3) is 5.44. The number of halogens is 3. The molecular formula is C17H21F3N4. The van der Waals surface area contributed by atoms with E-state index in [4.69, 9.17) is 5.26 Å². The molecule has 1 aromatic rings. The second-order valence-corrected chi connectivity index (χ2v) is 5.93. The van der Waals surface area contributed by atoms with Gasteiger partial charge in [0.2, 0.25) is 5.96 Å². The Morgan fingerprint density at radius 2 is 1.92 bits per heavy atom. The van der Waals surface area contributed by atoms with Gasteiger partial charge in [-0.3, -0.25) is 10.3 Å². The Kier molecular flexibility index (Phi) is 6.47. The number of rotatable bonds is 4. The molecule has 1 aliphatic rings. The smallest absolute Gasteiger partial charge is 0.325 e. The zero-order valence-corrected chi connectivity index (χ0v) is 13.4. The number of alkyl halides is 3. The van der Waals surface area contributed by atoms with E-state index in [2.05, 4.69) is 15.6 Å². The standard InChI is InChI=1S/C17H21F3N4/c18-17(19,20)14-8-4-5-9-15(14)24-16(23-12-21)22-11-10-13-6-2-1-3-7-13/h4-5,8-9,13H,1-3,6-7,10-11H2,(H2,22,23,24). The average Bonchev–Trinajstić information content (AvgIpc) is 2.55. The number of hydrogen-bond donors (Lipinski definition) is 2. The van der Waals surface area contributed by atoms with Gasteiger partial charge in [0.25, 0.3) is 0 Å². The molecule has 4 nitrogen and oxygen atoms in total. The minimum Gasteiger partial charge on any atom is -0.325 e. The van der Waals surface area contributed by atoms with Crippen LogP contribution in [-0.2, 0) is 6.18 Å².